The molecule has 0 amide bonds. The van der Waals surface area contributed by atoms with Gasteiger partial charge in [0.2, 0.25) is 0 Å². The molecule has 0 fully saturated rings. The van der Waals surface area contributed by atoms with Crippen molar-refractivity contribution in [1.82, 2.24) is 5.43 Å². The van der Waals surface area contributed by atoms with Crippen molar-refractivity contribution in [3.63, 3.8) is 0 Å². The van der Waals surface area contributed by atoms with Gasteiger partial charge in [0.15, 0.2) is 0 Å². The maximum atomic E-state index is 11.5. The molecule has 0 aromatic carbocycles. The van der Waals surface area contributed by atoms with Crippen LogP contribution in [-0.4, -0.2) is 19.9 Å². The number of hydrazine groups is 1. The van der Waals surface area contributed by atoms with E-state index in [4.69, 9.17) is 5.84 Å². The molecule has 1 atom stereocenters. The number of hydrogen-bond donors (Lipinski definition) is 2. The van der Waals surface area contributed by atoms with Gasteiger partial charge in [0.05, 0.1) is 11.8 Å². The second-order valence-electron chi connectivity index (χ2n) is 5.05. The van der Waals surface area contributed by atoms with Gasteiger partial charge in [-0.15, -0.1) is 11.3 Å². The maximum absolute atomic E-state index is 11.5. The Bertz CT molecular complexity index is 501. The van der Waals surface area contributed by atoms with Gasteiger partial charge in [-0.3, -0.25) is 11.3 Å². The summed E-state index contributed by atoms with van der Waals surface area (Å²) in [5.74, 6) is 6.09. The lowest BCUT2D eigenvalue weighted by molar-refractivity contribution is 0.514. The summed E-state index contributed by atoms with van der Waals surface area (Å²) in [6, 6.07) is 2.33. The minimum Gasteiger partial charge on any atom is -0.271 e. The first kappa shape index (κ1) is 15.0. The summed E-state index contributed by atoms with van der Waals surface area (Å²) < 4.78 is 22.9. The standard InChI is InChI=1S/C13H22N2O2S2/c1-2-19(16,17)8-4-6-11(15-14)13-9-10-5-3-7-12(10)18-13/h9,11,15H,2-8,14H2,1H3. The van der Waals surface area contributed by atoms with E-state index < -0.39 is 9.84 Å². The first-order valence-electron chi connectivity index (χ1n) is 6.83. The number of aryl methyl sites for hydroxylation is 2. The van der Waals surface area contributed by atoms with Crippen molar-refractivity contribution in [2.24, 2.45) is 5.84 Å². The molecule has 1 aliphatic carbocycles. The van der Waals surface area contributed by atoms with E-state index in [-0.39, 0.29) is 17.5 Å². The highest BCUT2D eigenvalue weighted by Gasteiger charge is 2.20. The SMILES string of the molecule is CCS(=O)(=O)CCCC(NN)c1cc2c(s1)CCC2. The molecule has 3 N–H and O–H groups in total. The molecule has 0 saturated heterocycles. The lowest BCUT2D eigenvalue weighted by Gasteiger charge is -2.14. The summed E-state index contributed by atoms with van der Waals surface area (Å²) in [5, 5.41) is 0. The molecule has 0 spiro atoms. The van der Waals surface area contributed by atoms with Crippen LogP contribution in [0.4, 0.5) is 0 Å². The summed E-state index contributed by atoms with van der Waals surface area (Å²) in [6.45, 7) is 1.69. The third-order valence-corrected chi connectivity index (χ3v) is 6.84. The van der Waals surface area contributed by atoms with E-state index in [1.165, 1.54) is 34.6 Å². The van der Waals surface area contributed by atoms with Gasteiger partial charge in [0.25, 0.3) is 0 Å². The molecule has 6 heteroatoms. The fraction of sp³-hybridized carbons (Fsp3) is 0.692. The highest BCUT2D eigenvalue weighted by molar-refractivity contribution is 7.91. The molecule has 1 aromatic rings. The van der Waals surface area contributed by atoms with Crippen LogP contribution in [0.15, 0.2) is 6.07 Å². The van der Waals surface area contributed by atoms with Crippen LogP contribution in [0, 0.1) is 0 Å². The Kier molecular flexibility index (Phi) is 5.00. The maximum Gasteiger partial charge on any atom is 0.150 e. The number of fused-ring (bicyclic) bond motifs is 1. The Labute approximate surface area is 119 Å². The van der Waals surface area contributed by atoms with Gasteiger partial charge in [0.1, 0.15) is 9.84 Å². The van der Waals surface area contributed by atoms with E-state index in [0.717, 1.165) is 6.42 Å². The highest BCUT2D eigenvalue weighted by atomic mass is 32.2. The molecule has 2 rings (SSSR count). The van der Waals surface area contributed by atoms with E-state index >= 15 is 0 Å². The van der Waals surface area contributed by atoms with Crippen LogP contribution < -0.4 is 11.3 Å². The zero-order chi connectivity index (χ0) is 13.9. The van der Waals surface area contributed by atoms with Gasteiger partial charge in [-0.2, -0.15) is 0 Å². The van der Waals surface area contributed by atoms with Gasteiger partial charge in [-0.1, -0.05) is 6.92 Å². The predicted molar refractivity (Wildman–Crippen MR) is 80.0 cm³/mol. The average molecular weight is 302 g/mol. The van der Waals surface area contributed by atoms with Crippen LogP contribution in [0.5, 0.6) is 0 Å². The van der Waals surface area contributed by atoms with Crippen LogP contribution in [0.25, 0.3) is 0 Å². The van der Waals surface area contributed by atoms with Gasteiger partial charge in [-0.05, 0) is 43.7 Å². The Balaban J connectivity index is 1.93. The zero-order valence-corrected chi connectivity index (χ0v) is 12.9. The molecule has 108 valence electrons. The van der Waals surface area contributed by atoms with Gasteiger partial charge in [0, 0.05) is 15.5 Å². The van der Waals surface area contributed by atoms with E-state index in [1.54, 1.807) is 6.92 Å². The predicted octanol–water partition coefficient (Wildman–Crippen LogP) is 1.96. The normalized spacial score (nSPS) is 16.5. The van der Waals surface area contributed by atoms with Gasteiger partial charge < -0.3 is 0 Å². The second-order valence-corrected chi connectivity index (χ2v) is 8.69. The first-order valence-corrected chi connectivity index (χ1v) is 9.47. The number of hydrogen-bond acceptors (Lipinski definition) is 5. The lowest BCUT2D eigenvalue weighted by Crippen LogP contribution is -2.28. The fourth-order valence-corrected chi connectivity index (χ4v) is 4.73. The van der Waals surface area contributed by atoms with Crippen molar-refractivity contribution in [3.8, 4) is 0 Å². The van der Waals surface area contributed by atoms with Crippen LogP contribution >= 0.6 is 11.3 Å². The van der Waals surface area contributed by atoms with E-state index in [1.807, 2.05) is 11.3 Å². The molecule has 4 nitrogen and oxygen atoms in total. The Morgan fingerprint density at radius 2 is 2.26 bits per heavy atom. The third kappa shape index (κ3) is 3.78. The van der Waals surface area contributed by atoms with Crippen molar-refractivity contribution in [2.45, 2.75) is 45.1 Å². The van der Waals surface area contributed by atoms with E-state index in [9.17, 15) is 8.42 Å². The Hall–Kier alpha value is -0.430. The molecule has 1 aliphatic rings. The molecule has 1 heterocycles. The van der Waals surface area contributed by atoms with Crippen LogP contribution in [0.2, 0.25) is 0 Å². The van der Waals surface area contributed by atoms with Crippen molar-refractivity contribution < 1.29 is 8.42 Å². The number of nitrogens with one attached hydrogen (secondary N) is 1. The van der Waals surface area contributed by atoms with Crippen LogP contribution in [0.1, 0.15) is 47.5 Å². The minimum absolute atomic E-state index is 0.0858. The number of rotatable bonds is 7. The largest absolute Gasteiger partial charge is 0.271 e. The van der Waals surface area contributed by atoms with Crippen molar-refractivity contribution in [2.75, 3.05) is 11.5 Å². The average Bonchev–Trinajstić information content (AvgIpc) is 2.95. The molecule has 19 heavy (non-hydrogen) atoms. The Morgan fingerprint density at radius 1 is 1.47 bits per heavy atom. The molecule has 0 aliphatic heterocycles. The summed E-state index contributed by atoms with van der Waals surface area (Å²) in [4.78, 5) is 2.73. The second kappa shape index (κ2) is 6.35. The monoisotopic (exact) mass is 302 g/mol. The highest BCUT2D eigenvalue weighted by Crippen LogP contribution is 2.34. The van der Waals surface area contributed by atoms with Crippen LogP contribution in [-0.2, 0) is 22.7 Å². The Morgan fingerprint density at radius 3 is 2.89 bits per heavy atom. The first-order chi connectivity index (χ1) is 9.05. The third-order valence-electron chi connectivity index (χ3n) is 3.70. The smallest absolute Gasteiger partial charge is 0.150 e. The van der Waals surface area contributed by atoms with E-state index in [2.05, 4.69) is 11.5 Å². The number of sulfone groups is 1. The lowest BCUT2D eigenvalue weighted by atomic mass is 10.1. The fourth-order valence-electron chi connectivity index (χ4n) is 2.48. The van der Waals surface area contributed by atoms with Crippen LogP contribution in [0.3, 0.4) is 0 Å². The van der Waals surface area contributed by atoms with Crippen molar-refractivity contribution in [3.05, 3.63) is 21.4 Å². The molecule has 1 unspecified atom stereocenters. The molecule has 0 saturated carbocycles. The topological polar surface area (TPSA) is 72.2 Å². The summed E-state index contributed by atoms with van der Waals surface area (Å²) in [7, 11) is -2.87. The van der Waals surface area contributed by atoms with E-state index in [0.29, 0.717) is 6.42 Å². The molecule has 0 bridgehead atoms. The van der Waals surface area contributed by atoms with Crippen molar-refractivity contribution >= 4 is 21.2 Å². The van der Waals surface area contributed by atoms with Gasteiger partial charge in [-0.25, -0.2) is 8.42 Å². The zero-order valence-electron chi connectivity index (χ0n) is 11.3. The molecular formula is C13H22N2O2S2. The molecular weight excluding hydrogens is 280 g/mol. The summed E-state index contributed by atoms with van der Waals surface area (Å²) in [6.07, 6.45) is 5.05. The molecule has 0 radical (unpaired) electrons. The number of thiophene rings is 1. The van der Waals surface area contributed by atoms with Gasteiger partial charge >= 0.3 is 0 Å². The van der Waals surface area contributed by atoms with Crippen molar-refractivity contribution in [1.29, 1.82) is 0 Å². The summed E-state index contributed by atoms with van der Waals surface area (Å²) in [5.41, 5.74) is 4.29. The summed E-state index contributed by atoms with van der Waals surface area (Å²) >= 11 is 1.83. The molecule has 1 aromatic heterocycles. The minimum atomic E-state index is -2.87. The number of nitrogens with two attached hydrogens (primary N) is 1. The quantitative estimate of drug-likeness (QED) is 0.596.